The maximum Gasteiger partial charge on any atom is 0.246 e. The van der Waals surface area contributed by atoms with Crippen LogP contribution in [0.25, 0.3) is 0 Å². The molecule has 0 saturated carbocycles. The molecule has 0 bridgehead atoms. The summed E-state index contributed by atoms with van der Waals surface area (Å²) in [7, 11) is 0. The average Bonchev–Trinajstić information content (AvgIpc) is 2.14. The Morgan fingerprint density at radius 2 is 2.15 bits per heavy atom. The van der Waals surface area contributed by atoms with Crippen LogP contribution in [0.15, 0.2) is 0 Å². The summed E-state index contributed by atoms with van der Waals surface area (Å²) in [5.41, 5.74) is 0. The van der Waals surface area contributed by atoms with Crippen LogP contribution in [0.2, 0.25) is 0 Å². The first-order valence-electron chi connectivity index (χ1n) is 4.29. The molecule has 0 spiro atoms. The topological polar surface area (TPSA) is 47.6 Å². The van der Waals surface area contributed by atoms with E-state index >= 15 is 0 Å². The van der Waals surface area contributed by atoms with Gasteiger partial charge in [-0.2, -0.15) is 0 Å². The molecule has 4 nitrogen and oxygen atoms in total. The molecule has 0 aliphatic carbocycles. The van der Waals surface area contributed by atoms with Crippen molar-refractivity contribution in [1.82, 2.24) is 5.32 Å². The molecular formula is C8H16BrNO3. The number of hydrogen-bond donors (Lipinski definition) is 1. The van der Waals surface area contributed by atoms with Gasteiger partial charge >= 0.3 is 0 Å². The summed E-state index contributed by atoms with van der Waals surface area (Å²) in [6, 6.07) is 0. The van der Waals surface area contributed by atoms with Gasteiger partial charge in [-0.1, -0.05) is 15.9 Å². The molecule has 0 radical (unpaired) electrons. The van der Waals surface area contributed by atoms with E-state index in [1.807, 2.05) is 6.92 Å². The summed E-state index contributed by atoms with van der Waals surface area (Å²) in [6.07, 6.45) is 0. The van der Waals surface area contributed by atoms with Gasteiger partial charge in [-0.25, -0.2) is 0 Å². The zero-order valence-corrected chi connectivity index (χ0v) is 9.43. The summed E-state index contributed by atoms with van der Waals surface area (Å²) in [4.78, 5) is 10.9. The highest BCUT2D eigenvalue weighted by Gasteiger charge is 1.98. The van der Waals surface area contributed by atoms with Crippen molar-refractivity contribution in [3.05, 3.63) is 0 Å². The van der Waals surface area contributed by atoms with Gasteiger partial charge in [0.15, 0.2) is 0 Å². The Kier molecular flexibility index (Phi) is 9.85. The molecule has 0 aliphatic rings. The Bertz CT molecular complexity index is 133. The maximum absolute atomic E-state index is 10.9. The molecule has 0 fully saturated rings. The Morgan fingerprint density at radius 1 is 1.38 bits per heavy atom. The quantitative estimate of drug-likeness (QED) is 0.508. The molecule has 78 valence electrons. The molecule has 0 aromatic rings. The van der Waals surface area contributed by atoms with Gasteiger partial charge in [0.05, 0.1) is 13.2 Å². The van der Waals surface area contributed by atoms with Crippen molar-refractivity contribution in [1.29, 1.82) is 0 Å². The van der Waals surface area contributed by atoms with Crippen molar-refractivity contribution in [2.75, 3.05) is 38.3 Å². The second-order valence-electron chi connectivity index (χ2n) is 2.29. The van der Waals surface area contributed by atoms with Crippen LogP contribution >= 0.6 is 15.9 Å². The normalized spacial score (nSPS) is 10.0. The standard InChI is InChI=1S/C8H16BrNO3/c1-2-12-7-8(11)10-4-6-13-5-3-9/h2-7H2,1H3,(H,10,11). The van der Waals surface area contributed by atoms with Crippen molar-refractivity contribution >= 4 is 21.8 Å². The molecular weight excluding hydrogens is 238 g/mol. The SMILES string of the molecule is CCOCC(=O)NCCOCCBr. The van der Waals surface area contributed by atoms with Crippen molar-refractivity contribution < 1.29 is 14.3 Å². The largest absolute Gasteiger partial charge is 0.379 e. The fourth-order valence-corrected chi connectivity index (χ4v) is 0.894. The number of ether oxygens (including phenoxy) is 2. The number of alkyl halides is 1. The number of nitrogens with one attached hydrogen (secondary N) is 1. The minimum Gasteiger partial charge on any atom is -0.379 e. The molecule has 0 atom stereocenters. The minimum atomic E-state index is -0.0932. The van der Waals surface area contributed by atoms with Gasteiger partial charge in [0.25, 0.3) is 0 Å². The van der Waals surface area contributed by atoms with E-state index in [0.717, 1.165) is 5.33 Å². The monoisotopic (exact) mass is 253 g/mol. The minimum absolute atomic E-state index is 0.0932. The van der Waals surface area contributed by atoms with E-state index in [-0.39, 0.29) is 12.5 Å². The average molecular weight is 254 g/mol. The fourth-order valence-electron chi connectivity index (χ4n) is 0.665. The fraction of sp³-hybridized carbons (Fsp3) is 0.875. The molecule has 1 amide bonds. The predicted molar refractivity (Wildman–Crippen MR) is 54.1 cm³/mol. The van der Waals surface area contributed by atoms with Crippen molar-refractivity contribution in [3.63, 3.8) is 0 Å². The third-order valence-corrected chi connectivity index (χ3v) is 1.55. The van der Waals surface area contributed by atoms with Crippen LogP contribution in [-0.4, -0.2) is 44.2 Å². The molecule has 5 heteroatoms. The van der Waals surface area contributed by atoms with E-state index in [9.17, 15) is 4.79 Å². The third-order valence-electron chi connectivity index (χ3n) is 1.23. The van der Waals surface area contributed by atoms with E-state index in [0.29, 0.717) is 26.4 Å². The van der Waals surface area contributed by atoms with Crippen molar-refractivity contribution in [3.8, 4) is 0 Å². The van der Waals surface area contributed by atoms with Gasteiger partial charge in [-0.15, -0.1) is 0 Å². The lowest BCUT2D eigenvalue weighted by Crippen LogP contribution is -2.30. The Labute approximate surface area is 87.1 Å². The molecule has 0 rings (SSSR count). The molecule has 0 aromatic carbocycles. The third kappa shape index (κ3) is 9.79. The summed E-state index contributed by atoms with van der Waals surface area (Å²) >= 11 is 3.23. The van der Waals surface area contributed by atoms with Crippen molar-refractivity contribution in [2.24, 2.45) is 0 Å². The Hall–Kier alpha value is -0.130. The zero-order valence-electron chi connectivity index (χ0n) is 7.85. The van der Waals surface area contributed by atoms with Gasteiger partial charge in [0, 0.05) is 18.5 Å². The number of carbonyl (C=O) groups is 1. The highest BCUT2D eigenvalue weighted by atomic mass is 79.9. The molecule has 0 unspecified atom stereocenters. The predicted octanol–water partition coefficient (Wildman–Crippen LogP) is 0.551. The first kappa shape index (κ1) is 12.9. The first-order chi connectivity index (χ1) is 6.31. The zero-order chi connectivity index (χ0) is 9.94. The smallest absolute Gasteiger partial charge is 0.246 e. The maximum atomic E-state index is 10.9. The number of carbonyl (C=O) groups excluding carboxylic acids is 1. The van der Waals surface area contributed by atoms with Crippen LogP contribution in [0.5, 0.6) is 0 Å². The molecule has 0 heterocycles. The van der Waals surface area contributed by atoms with Crippen LogP contribution < -0.4 is 5.32 Å². The lowest BCUT2D eigenvalue weighted by Gasteiger charge is -2.05. The number of amides is 1. The molecule has 0 saturated heterocycles. The molecule has 13 heavy (non-hydrogen) atoms. The Morgan fingerprint density at radius 3 is 2.77 bits per heavy atom. The summed E-state index contributed by atoms with van der Waals surface area (Å²) in [5, 5.41) is 3.49. The highest BCUT2D eigenvalue weighted by Crippen LogP contribution is 1.80. The van der Waals surface area contributed by atoms with Gasteiger partial charge in [0.1, 0.15) is 6.61 Å². The summed E-state index contributed by atoms with van der Waals surface area (Å²) in [6.45, 7) is 4.30. The highest BCUT2D eigenvalue weighted by molar-refractivity contribution is 9.09. The van der Waals surface area contributed by atoms with Gasteiger partial charge < -0.3 is 14.8 Å². The first-order valence-corrected chi connectivity index (χ1v) is 5.41. The summed E-state index contributed by atoms with van der Waals surface area (Å²) < 4.78 is 10.0. The van der Waals surface area contributed by atoms with Crippen LogP contribution in [0.3, 0.4) is 0 Å². The van der Waals surface area contributed by atoms with Gasteiger partial charge in [-0.05, 0) is 6.92 Å². The van der Waals surface area contributed by atoms with E-state index in [1.54, 1.807) is 0 Å². The number of halogens is 1. The van der Waals surface area contributed by atoms with Crippen LogP contribution in [0.4, 0.5) is 0 Å². The Balaban J connectivity index is 3.08. The van der Waals surface area contributed by atoms with E-state index in [1.165, 1.54) is 0 Å². The molecule has 0 aromatic heterocycles. The summed E-state index contributed by atoms with van der Waals surface area (Å²) in [5.74, 6) is -0.0932. The molecule has 0 aliphatic heterocycles. The van der Waals surface area contributed by atoms with E-state index < -0.39 is 0 Å². The van der Waals surface area contributed by atoms with Gasteiger partial charge in [0.2, 0.25) is 5.91 Å². The van der Waals surface area contributed by atoms with Gasteiger partial charge in [-0.3, -0.25) is 4.79 Å². The lowest BCUT2D eigenvalue weighted by atomic mass is 10.6. The van der Waals surface area contributed by atoms with E-state index in [4.69, 9.17) is 9.47 Å². The van der Waals surface area contributed by atoms with Crippen LogP contribution in [0, 0.1) is 0 Å². The number of hydrogen-bond acceptors (Lipinski definition) is 3. The second kappa shape index (κ2) is 9.95. The molecule has 1 N–H and O–H groups in total. The lowest BCUT2D eigenvalue weighted by molar-refractivity contribution is -0.125. The van der Waals surface area contributed by atoms with E-state index in [2.05, 4.69) is 21.2 Å². The number of rotatable bonds is 8. The second-order valence-corrected chi connectivity index (χ2v) is 3.08. The van der Waals surface area contributed by atoms with Crippen LogP contribution in [0.1, 0.15) is 6.92 Å². The van der Waals surface area contributed by atoms with Crippen molar-refractivity contribution in [2.45, 2.75) is 6.92 Å². The van der Waals surface area contributed by atoms with Crippen LogP contribution in [-0.2, 0) is 14.3 Å².